The average molecular weight is 472 g/mol. The van der Waals surface area contributed by atoms with E-state index >= 15 is 0 Å². The third-order valence-corrected chi connectivity index (χ3v) is 7.83. The molecule has 174 valence electrons. The lowest BCUT2D eigenvalue weighted by atomic mass is 10.2. The first kappa shape index (κ1) is 23.1. The van der Waals surface area contributed by atoms with Crippen LogP contribution in [0, 0.1) is 19.7 Å². The maximum Gasteiger partial charge on any atom is 0.243 e. The fourth-order valence-corrected chi connectivity index (χ4v) is 5.58. The van der Waals surface area contributed by atoms with Gasteiger partial charge in [-0.25, -0.2) is 17.8 Å². The van der Waals surface area contributed by atoms with Crippen molar-refractivity contribution in [2.24, 2.45) is 0 Å². The summed E-state index contributed by atoms with van der Waals surface area (Å²) in [5.74, 6) is 0.549. The number of piperazine rings is 1. The van der Waals surface area contributed by atoms with Gasteiger partial charge < -0.3 is 9.32 Å². The maximum absolute atomic E-state index is 13.1. The van der Waals surface area contributed by atoms with Gasteiger partial charge in [0.05, 0.1) is 11.1 Å². The van der Waals surface area contributed by atoms with Crippen molar-refractivity contribution in [1.82, 2.24) is 14.2 Å². The number of aryl methyl sites for hydroxylation is 3. The molecule has 0 saturated carbocycles. The number of carbonyl (C=O) groups excluding carboxylic acids is 1. The summed E-state index contributed by atoms with van der Waals surface area (Å²) in [5.41, 5.74) is 2.31. The summed E-state index contributed by atoms with van der Waals surface area (Å²) in [6.07, 6.45) is 2.11. The number of sulfonamides is 1. The second-order valence-electron chi connectivity index (χ2n) is 8.18. The molecule has 2 aromatic carbocycles. The number of aromatic nitrogens is 1. The van der Waals surface area contributed by atoms with E-state index < -0.39 is 10.0 Å². The Hall–Kier alpha value is -3.04. The summed E-state index contributed by atoms with van der Waals surface area (Å²) in [4.78, 5) is 18.9. The monoisotopic (exact) mass is 471 g/mol. The van der Waals surface area contributed by atoms with Crippen molar-refractivity contribution in [3.8, 4) is 11.3 Å². The Balaban J connectivity index is 1.32. The zero-order valence-electron chi connectivity index (χ0n) is 18.6. The highest BCUT2D eigenvalue weighted by molar-refractivity contribution is 7.89. The molecule has 1 amide bonds. The Kier molecular flexibility index (Phi) is 6.62. The number of oxazole rings is 1. The van der Waals surface area contributed by atoms with Gasteiger partial charge in [-0.05, 0) is 55.3 Å². The van der Waals surface area contributed by atoms with Crippen molar-refractivity contribution in [3.63, 3.8) is 0 Å². The van der Waals surface area contributed by atoms with Gasteiger partial charge in [0, 0.05) is 44.6 Å². The number of rotatable bonds is 6. The largest absolute Gasteiger partial charge is 0.441 e. The Morgan fingerprint density at radius 1 is 1.06 bits per heavy atom. The van der Waals surface area contributed by atoms with E-state index in [0.717, 1.165) is 5.56 Å². The average Bonchev–Trinajstić information content (AvgIpc) is 3.28. The van der Waals surface area contributed by atoms with Crippen LogP contribution in [-0.2, 0) is 21.2 Å². The number of carbonyl (C=O) groups is 1. The van der Waals surface area contributed by atoms with Crippen molar-refractivity contribution in [3.05, 3.63) is 71.5 Å². The van der Waals surface area contributed by atoms with Gasteiger partial charge in [-0.15, -0.1) is 0 Å². The maximum atomic E-state index is 13.1. The van der Waals surface area contributed by atoms with Crippen molar-refractivity contribution in [2.45, 2.75) is 31.6 Å². The molecule has 0 spiro atoms. The van der Waals surface area contributed by atoms with Crippen LogP contribution >= 0.6 is 0 Å². The minimum Gasteiger partial charge on any atom is -0.441 e. The minimum absolute atomic E-state index is 0.0692. The van der Waals surface area contributed by atoms with Crippen LogP contribution in [0.5, 0.6) is 0 Å². The summed E-state index contributed by atoms with van der Waals surface area (Å²) >= 11 is 0. The Morgan fingerprint density at radius 2 is 1.76 bits per heavy atom. The van der Waals surface area contributed by atoms with Gasteiger partial charge in [0.1, 0.15) is 5.82 Å². The van der Waals surface area contributed by atoms with E-state index in [0.29, 0.717) is 47.2 Å². The predicted molar refractivity (Wildman–Crippen MR) is 121 cm³/mol. The molecule has 1 aliphatic rings. The summed E-state index contributed by atoms with van der Waals surface area (Å²) in [6.45, 7) is 4.86. The van der Waals surface area contributed by atoms with Gasteiger partial charge in [-0.1, -0.05) is 12.1 Å². The van der Waals surface area contributed by atoms with Crippen LogP contribution in [0.1, 0.15) is 23.4 Å². The molecule has 1 fully saturated rings. The highest BCUT2D eigenvalue weighted by Gasteiger charge is 2.31. The SMILES string of the molecule is Cc1ccc(C)c(S(=O)(=O)N2CCN(C(=O)CCc3ncc(-c4ccc(F)cc4)o3)CC2)c1. The minimum atomic E-state index is -3.60. The first-order valence-corrected chi connectivity index (χ1v) is 12.2. The molecular weight excluding hydrogens is 445 g/mol. The van der Waals surface area contributed by atoms with Crippen LogP contribution in [0.3, 0.4) is 0 Å². The molecule has 1 aliphatic heterocycles. The molecule has 0 aliphatic carbocycles. The Labute approximate surface area is 192 Å². The molecule has 33 heavy (non-hydrogen) atoms. The first-order chi connectivity index (χ1) is 15.7. The fourth-order valence-electron chi connectivity index (χ4n) is 3.85. The third kappa shape index (κ3) is 5.15. The highest BCUT2D eigenvalue weighted by Crippen LogP contribution is 2.23. The zero-order chi connectivity index (χ0) is 23.6. The van der Waals surface area contributed by atoms with E-state index in [1.54, 1.807) is 36.2 Å². The summed E-state index contributed by atoms with van der Waals surface area (Å²) in [7, 11) is -3.60. The summed E-state index contributed by atoms with van der Waals surface area (Å²) in [6, 6.07) is 11.3. The number of amides is 1. The van der Waals surface area contributed by atoms with Gasteiger partial charge in [0.15, 0.2) is 11.7 Å². The molecule has 7 nitrogen and oxygen atoms in total. The van der Waals surface area contributed by atoms with Gasteiger partial charge >= 0.3 is 0 Å². The second-order valence-corrected chi connectivity index (χ2v) is 10.1. The molecule has 1 saturated heterocycles. The number of benzene rings is 2. The second kappa shape index (κ2) is 9.44. The number of hydrogen-bond acceptors (Lipinski definition) is 5. The van der Waals surface area contributed by atoms with E-state index in [4.69, 9.17) is 4.42 Å². The van der Waals surface area contributed by atoms with Crippen molar-refractivity contribution in [1.29, 1.82) is 0 Å². The van der Waals surface area contributed by atoms with Crippen molar-refractivity contribution in [2.75, 3.05) is 26.2 Å². The number of hydrogen-bond donors (Lipinski definition) is 0. The molecule has 0 radical (unpaired) electrons. The third-order valence-electron chi connectivity index (χ3n) is 5.79. The summed E-state index contributed by atoms with van der Waals surface area (Å²) in [5, 5.41) is 0. The first-order valence-electron chi connectivity index (χ1n) is 10.8. The van der Waals surface area contributed by atoms with Crippen LogP contribution in [-0.4, -0.2) is 54.7 Å². The molecule has 0 bridgehead atoms. The molecule has 4 rings (SSSR count). The van der Waals surface area contributed by atoms with Gasteiger partial charge in [0.25, 0.3) is 0 Å². The lowest BCUT2D eigenvalue weighted by Crippen LogP contribution is -2.50. The highest BCUT2D eigenvalue weighted by atomic mass is 32.2. The van der Waals surface area contributed by atoms with Crippen LogP contribution in [0.2, 0.25) is 0 Å². The molecule has 9 heteroatoms. The fraction of sp³-hybridized carbons (Fsp3) is 0.333. The molecule has 3 aromatic rings. The van der Waals surface area contributed by atoms with Crippen molar-refractivity contribution >= 4 is 15.9 Å². The van der Waals surface area contributed by atoms with Crippen LogP contribution in [0.15, 0.2) is 58.0 Å². The molecule has 0 N–H and O–H groups in total. The molecule has 1 aromatic heterocycles. The standard InChI is InChI=1S/C24H26FN3O4S/c1-17-3-4-18(2)22(15-17)33(30,31)28-13-11-27(12-14-28)24(29)10-9-23-26-16-21(32-23)19-5-7-20(25)8-6-19/h3-8,15-16H,9-14H2,1-2H3. The van der Waals surface area contributed by atoms with E-state index in [-0.39, 0.29) is 31.2 Å². The number of halogens is 1. The predicted octanol–water partition coefficient (Wildman–Crippen LogP) is 3.56. The quantitative estimate of drug-likeness (QED) is 0.549. The van der Waals surface area contributed by atoms with Crippen molar-refractivity contribution < 1.29 is 22.0 Å². The van der Waals surface area contributed by atoms with Gasteiger partial charge in [-0.2, -0.15) is 4.31 Å². The Bertz CT molecular complexity index is 1250. The van der Waals surface area contributed by atoms with Gasteiger partial charge in [-0.3, -0.25) is 4.79 Å². The molecule has 0 atom stereocenters. The normalized spacial score (nSPS) is 15.1. The van der Waals surface area contributed by atoms with E-state index in [1.807, 2.05) is 19.1 Å². The van der Waals surface area contributed by atoms with Gasteiger partial charge in [0.2, 0.25) is 15.9 Å². The van der Waals surface area contributed by atoms with E-state index in [2.05, 4.69) is 4.98 Å². The van der Waals surface area contributed by atoms with E-state index in [1.165, 1.54) is 16.4 Å². The van der Waals surface area contributed by atoms with Crippen LogP contribution < -0.4 is 0 Å². The molecule has 2 heterocycles. The van der Waals surface area contributed by atoms with E-state index in [9.17, 15) is 17.6 Å². The topological polar surface area (TPSA) is 83.7 Å². The molecular formula is C24H26FN3O4S. The molecule has 0 unspecified atom stereocenters. The number of nitrogens with zero attached hydrogens (tertiary/aromatic N) is 3. The van der Waals surface area contributed by atoms with Crippen LogP contribution in [0.4, 0.5) is 4.39 Å². The smallest absolute Gasteiger partial charge is 0.243 e. The Morgan fingerprint density at radius 3 is 2.45 bits per heavy atom. The van der Waals surface area contributed by atoms with Crippen LogP contribution in [0.25, 0.3) is 11.3 Å². The summed E-state index contributed by atoms with van der Waals surface area (Å²) < 4.78 is 46.3. The lowest BCUT2D eigenvalue weighted by molar-refractivity contribution is -0.132. The zero-order valence-corrected chi connectivity index (χ0v) is 19.4. The lowest BCUT2D eigenvalue weighted by Gasteiger charge is -2.34.